The molecule has 1 heterocycles. The number of hydrogen-bond donors (Lipinski definition) is 1. The number of rotatable bonds is 5. The Balaban J connectivity index is 2.53. The number of hydrogen-bond acceptors (Lipinski definition) is 4. The van der Waals surface area contributed by atoms with Crippen LogP contribution in [0, 0.1) is 0 Å². The Morgan fingerprint density at radius 2 is 2.33 bits per heavy atom. The van der Waals surface area contributed by atoms with Crippen LogP contribution in [-0.2, 0) is 16.1 Å². The number of carboxylic acid groups (broad SMARTS) is 1. The maximum Gasteiger partial charge on any atom is 0.332 e. The van der Waals surface area contributed by atoms with Gasteiger partial charge in [-0.15, -0.1) is 0 Å². The van der Waals surface area contributed by atoms with E-state index in [0.717, 1.165) is 0 Å². The van der Waals surface area contributed by atoms with Crippen LogP contribution >= 0.6 is 0 Å². The van der Waals surface area contributed by atoms with E-state index in [2.05, 4.69) is 4.98 Å². The molecule has 0 bridgehead atoms. The number of aliphatic carboxylic acids is 1. The number of methoxy groups -OCH3 is 1. The van der Waals surface area contributed by atoms with Gasteiger partial charge in [-0.2, -0.15) is 0 Å². The molecule has 0 aromatic carbocycles. The van der Waals surface area contributed by atoms with Crippen LogP contribution in [0.4, 0.5) is 0 Å². The van der Waals surface area contributed by atoms with E-state index in [4.69, 9.17) is 14.6 Å². The molecular weight excluding hydrogens is 198 g/mol. The first kappa shape index (κ1) is 11.5. The summed E-state index contributed by atoms with van der Waals surface area (Å²) in [7, 11) is 1.52. The van der Waals surface area contributed by atoms with Crippen molar-refractivity contribution in [2.45, 2.75) is 19.6 Å². The third kappa shape index (κ3) is 3.55. The second-order valence-corrected chi connectivity index (χ2v) is 2.96. The van der Waals surface area contributed by atoms with E-state index in [1.54, 1.807) is 18.2 Å². The summed E-state index contributed by atoms with van der Waals surface area (Å²) in [5.41, 5.74) is 0.641. The van der Waals surface area contributed by atoms with Crippen molar-refractivity contribution in [2.24, 2.45) is 0 Å². The van der Waals surface area contributed by atoms with Crippen LogP contribution in [0.2, 0.25) is 0 Å². The summed E-state index contributed by atoms with van der Waals surface area (Å²) in [6.07, 6.45) is -0.835. The van der Waals surface area contributed by atoms with Gasteiger partial charge in [-0.3, -0.25) is 0 Å². The summed E-state index contributed by atoms with van der Waals surface area (Å²) in [6, 6.07) is 5.23. The highest BCUT2D eigenvalue weighted by molar-refractivity contribution is 5.71. The lowest BCUT2D eigenvalue weighted by atomic mass is 10.3. The molecule has 1 aromatic rings. The lowest BCUT2D eigenvalue weighted by Crippen LogP contribution is -2.19. The highest BCUT2D eigenvalue weighted by Crippen LogP contribution is 2.08. The van der Waals surface area contributed by atoms with E-state index < -0.39 is 12.1 Å². The van der Waals surface area contributed by atoms with E-state index >= 15 is 0 Å². The van der Waals surface area contributed by atoms with Crippen LogP contribution < -0.4 is 4.74 Å². The number of pyridine rings is 1. The van der Waals surface area contributed by atoms with E-state index in [1.807, 2.05) is 0 Å². The summed E-state index contributed by atoms with van der Waals surface area (Å²) < 4.78 is 10.00. The second kappa shape index (κ2) is 5.31. The molecule has 1 N–H and O–H groups in total. The van der Waals surface area contributed by atoms with Crippen molar-refractivity contribution in [3.05, 3.63) is 23.9 Å². The van der Waals surface area contributed by atoms with Gasteiger partial charge in [0.25, 0.3) is 0 Å². The average molecular weight is 211 g/mol. The van der Waals surface area contributed by atoms with Gasteiger partial charge in [0, 0.05) is 6.07 Å². The summed E-state index contributed by atoms with van der Waals surface area (Å²) in [5, 5.41) is 8.59. The first-order chi connectivity index (χ1) is 7.13. The molecule has 0 aliphatic carbocycles. The van der Waals surface area contributed by atoms with Crippen LogP contribution in [0.25, 0.3) is 0 Å². The predicted molar refractivity (Wildman–Crippen MR) is 52.7 cm³/mol. The Hall–Kier alpha value is -1.62. The topological polar surface area (TPSA) is 68.7 Å². The summed E-state index contributed by atoms with van der Waals surface area (Å²) in [6.45, 7) is 1.63. The highest BCUT2D eigenvalue weighted by Gasteiger charge is 2.11. The van der Waals surface area contributed by atoms with E-state index in [9.17, 15) is 4.79 Å². The minimum absolute atomic E-state index is 0.157. The number of nitrogens with zero attached hydrogens (tertiary/aromatic N) is 1. The fraction of sp³-hybridized carbons (Fsp3) is 0.400. The van der Waals surface area contributed by atoms with Gasteiger partial charge in [-0.1, -0.05) is 6.07 Å². The van der Waals surface area contributed by atoms with Crippen molar-refractivity contribution in [1.82, 2.24) is 4.98 Å². The van der Waals surface area contributed by atoms with Crippen molar-refractivity contribution in [3.8, 4) is 5.88 Å². The maximum absolute atomic E-state index is 10.5. The van der Waals surface area contributed by atoms with Crippen LogP contribution in [0.15, 0.2) is 18.2 Å². The largest absolute Gasteiger partial charge is 0.481 e. The van der Waals surface area contributed by atoms with E-state index in [0.29, 0.717) is 11.6 Å². The predicted octanol–water partition coefficient (Wildman–Crippen LogP) is 1.08. The van der Waals surface area contributed by atoms with Crippen LogP contribution in [0.3, 0.4) is 0 Å². The molecule has 1 rings (SSSR count). The van der Waals surface area contributed by atoms with Gasteiger partial charge in [-0.05, 0) is 13.0 Å². The lowest BCUT2D eigenvalue weighted by Gasteiger charge is -2.08. The van der Waals surface area contributed by atoms with E-state index in [-0.39, 0.29) is 6.61 Å². The van der Waals surface area contributed by atoms with Gasteiger partial charge in [0.05, 0.1) is 19.4 Å². The Labute approximate surface area is 87.7 Å². The average Bonchev–Trinajstić information content (AvgIpc) is 2.26. The number of aromatic nitrogens is 1. The summed E-state index contributed by atoms with van der Waals surface area (Å²) >= 11 is 0. The number of carboxylic acids is 1. The molecule has 0 aliphatic heterocycles. The van der Waals surface area contributed by atoms with Gasteiger partial charge in [-0.25, -0.2) is 9.78 Å². The molecule has 15 heavy (non-hydrogen) atoms. The minimum atomic E-state index is -0.988. The molecule has 5 nitrogen and oxygen atoms in total. The van der Waals surface area contributed by atoms with Crippen molar-refractivity contribution < 1.29 is 19.4 Å². The molecule has 5 heteroatoms. The van der Waals surface area contributed by atoms with Crippen molar-refractivity contribution in [1.29, 1.82) is 0 Å². The zero-order chi connectivity index (χ0) is 11.3. The Morgan fingerprint density at radius 3 is 2.93 bits per heavy atom. The summed E-state index contributed by atoms with van der Waals surface area (Å²) in [4.78, 5) is 14.6. The van der Waals surface area contributed by atoms with Gasteiger partial charge in [0.15, 0.2) is 6.10 Å². The fourth-order valence-electron chi connectivity index (χ4n) is 0.933. The molecule has 0 unspecified atom stereocenters. The maximum atomic E-state index is 10.5. The van der Waals surface area contributed by atoms with Crippen LogP contribution in [-0.4, -0.2) is 29.3 Å². The third-order valence-electron chi connectivity index (χ3n) is 1.82. The zero-order valence-electron chi connectivity index (χ0n) is 8.64. The van der Waals surface area contributed by atoms with E-state index in [1.165, 1.54) is 14.0 Å². The number of ether oxygens (including phenoxy) is 2. The standard InChI is InChI=1S/C10H13NO4/c1-7(10(12)13)15-6-8-4-3-5-9(11-8)14-2/h3-5,7H,6H2,1-2H3,(H,12,13)/t7-/m1/s1. The van der Waals surface area contributed by atoms with Crippen molar-refractivity contribution >= 4 is 5.97 Å². The Bertz CT molecular complexity index is 340. The quantitative estimate of drug-likeness (QED) is 0.789. The first-order valence-electron chi connectivity index (χ1n) is 4.48. The molecule has 0 aliphatic rings. The molecule has 0 saturated heterocycles. The highest BCUT2D eigenvalue weighted by atomic mass is 16.5. The monoisotopic (exact) mass is 211 g/mol. The SMILES string of the molecule is COc1cccc(CO[C@H](C)C(=O)O)n1. The molecule has 1 aromatic heterocycles. The number of carbonyl (C=O) groups is 1. The van der Waals surface area contributed by atoms with Gasteiger partial charge in [0.2, 0.25) is 5.88 Å². The van der Waals surface area contributed by atoms with Crippen molar-refractivity contribution in [2.75, 3.05) is 7.11 Å². The van der Waals surface area contributed by atoms with Crippen LogP contribution in [0.1, 0.15) is 12.6 Å². The lowest BCUT2D eigenvalue weighted by molar-refractivity contribution is -0.149. The summed E-state index contributed by atoms with van der Waals surface area (Å²) in [5.74, 6) is -0.503. The van der Waals surface area contributed by atoms with Gasteiger partial charge >= 0.3 is 5.97 Å². The second-order valence-electron chi connectivity index (χ2n) is 2.96. The molecule has 0 radical (unpaired) electrons. The third-order valence-corrected chi connectivity index (χ3v) is 1.82. The molecule has 1 atom stereocenters. The van der Waals surface area contributed by atoms with Crippen molar-refractivity contribution in [3.63, 3.8) is 0 Å². The van der Waals surface area contributed by atoms with Crippen LogP contribution in [0.5, 0.6) is 5.88 Å². The molecule has 0 saturated carbocycles. The molecule has 0 fully saturated rings. The first-order valence-corrected chi connectivity index (χ1v) is 4.48. The molecule has 0 amide bonds. The fourth-order valence-corrected chi connectivity index (χ4v) is 0.933. The molecule has 82 valence electrons. The Kier molecular flexibility index (Phi) is 4.05. The van der Waals surface area contributed by atoms with Gasteiger partial charge in [0.1, 0.15) is 0 Å². The van der Waals surface area contributed by atoms with Gasteiger partial charge < -0.3 is 14.6 Å². The smallest absolute Gasteiger partial charge is 0.332 e. The molecule has 0 spiro atoms. The zero-order valence-corrected chi connectivity index (χ0v) is 8.64. The normalized spacial score (nSPS) is 12.1. The minimum Gasteiger partial charge on any atom is -0.481 e. The molecular formula is C10H13NO4. The Morgan fingerprint density at radius 1 is 1.60 bits per heavy atom.